The van der Waals surface area contributed by atoms with E-state index in [0.717, 1.165) is 17.5 Å². The van der Waals surface area contributed by atoms with Gasteiger partial charge in [-0.1, -0.05) is 36.4 Å². The number of aromatic nitrogens is 1. The Morgan fingerprint density at radius 1 is 0.912 bits per heavy atom. The normalized spacial score (nSPS) is 11.3. The molecule has 0 saturated carbocycles. The Hall–Kier alpha value is -4.20. The Balaban J connectivity index is 1.58. The van der Waals surface area contributed by atoms with Crippen LogP contribution in [0.5, 0.6) is 0 Å². The number of nitrogens with one attached hydrogen (secondary N) is 2. The summed E-state index contributed by atoms with van der Waals surface area (Å²) < 4.78 is 38.7. The zero-order valence-corrected chi connectivity index (χ0v) is 18.1. The summed E-state index contributed by atoms with van der Waals surface area (Å²) in [6.07, 6.45) is -2.96. The molecule has 3 aromatic carbocycles. The number of anilines is 1. The van der Waals surface area contributed by atoms with Crippen molar-refractivity contribution in [2.45, 2.75) is 13.1 Å². The Morgan fingerprint density at radius 3 is 2.35 bits per heavy atom. The molecule has 1 heterocycles. The van der Waals surface area contributed by atoms with Crippen LogP contribution in [0, 0.1) is 0 Å². The second-order valence-corrected chi connectivity index (χ2v) is 7.57. The highest BCUT2D eigenvalue weighted by molar-refractivity contribution is 6.09. The van der Waals surface area contributed by atoms with E-state index < -0.39 is 17.6 Å². The van der Waals surface area contributed by atoms with Crippen LogP contribution in [-0.2, 0) is 6.18 Å². The van der Waals surface area contributed by atoms with E-state index in [1.807, 2.05) is 6.92 Å². The van der Waals surface area contributed by atoms with Crippen molar-refractivity contribution < 1.29 is 22.8 Å². The highest BCUT2D eigenvalue weighted by atomic mass is 19.4. The molecule has 1 aromatic heterocycles. The Bertz CT molecular complexity index is 1370. The molecule has 4 rings (SSSR count). The van der Waals surface area contributed by atoms with Crippen LogP contribution in [0.2, 0.25) is 0 Å². The number of carbonyl (C=O) groups is 2. The van der Waals surface area contributed by atoms with Gasteiger partial charge in [0.2, 0.25) is 0 Å². The zero-order chi connectivity index (χ0) is 24.3. The molecule has 0 radical (unpaired) electrons. The van der Waals surface area contributed by atoms with Crippen molar-refractivity contribution in [2.24, 2.45) is 0 Å². The van der Waals surface area contributed by atoms with Crippen LogP contribution < -0.4 is 10.6 Å². The standard InChI is InChI=1S/C26H20F3N3O2/c1-2-30-24(33)18-13-17-9-12-20(14-23(17)31-15-18)32-25(34)22-6-4-3-5-21(22)16-7-10-19(11-8-16)26(27,28)29/h3-15H,2H2,1H3,(H,30,33)(H,32,34). The van der Waals surface area contributed by atoms with Crippen molar-refractivity contribution in [2.75, 3.05) is 11.9 Å². The number of fused-ring (bicyclic) bond motifs is 1. The summed E-state index contributed by atoms with van der Waals surface area (Å²) in [5, 5.41) is 6.28. The third-order valence-corrected chi connectivity index (χ3v) is 5.24. The van der Waals surface area contributed by atoms with E-state index >= 15 is 0 Å². The van der Waals surface area contributed by atoms with E-state index in [0.29, 0.717) is 40.0 Å². The van der Waals surface area contributed by atoms with Gasteiger partial charge in [0.25, 0.3) is 11.8 Å². The van der Waals surface area contributed by atoms with Crippen LogP contribution in [-0.4, -0.2) is 23.3 Å². The maximum Gasteiger partial charge on any atom is 0.416 e. The van der Waals surface area contributed by atoms with Crippen LogP contribution in [0.15, 0.2) is 79.0 Å². The van der Waals surface area contributed by atoms with Crippen molar-refractivity contribution in [3.63, 3.8) is 0 Å². The molecule has 0 bridgehead atoms. The predicted octanol–water partition coefficient (Wildman–Crippen LogP) is 5.92. The summed E-state index contributed by atoms with van der Waals surface area (Å²) in [4.78, 5) is 29.3. The number of halogens is 3. The van der Waals surface area contributed by atoms with E-state index in [4.69, 9.17) is 0 Å². The van der Waals surface area contributed by atoms with Crippen molar-refractivity contribution in [1.82, 2.24) is 10.3 Å². The Kier molecular flexibility index (Phi) is 6.32. The van der Waals surface area contributed by atoms with Gasteiger partial charge in [0.15, 0.2) is 0 Å². The maximum absolute atomic E-state index is 13.0. The molecule has 0 atom stereocenters. The molecule has 0 spiro atoms. The van der Waals surface area contributed by atoms with Gasteiger partial charge in [-0.3, -0.25) is 14.6 Å². The van der Waals surface area contributed by atoms with E-state index in [9.17, 15) is 22.8 Å². The summed E-state index contributed by atoms with van der Waals surface area (Å²) in [5.74, 6) is -0.622. The van der Waals surface area contributed by atoms with E-state index in [2.05, 4.69) is 15.6 Å². The molecule has 5 nitrogen and oxygen atoms in total. The summed E-state index contributed by atoms with van der Waals surface area (Å²) in [6, 6.07) is 18.2. The summed E-state index contributed by atoms with van der Waals surface area (Å²) in [5.41, 5.74) is 2.12. The minimum absolute atomic E-state index is 0.214. The number of carbonyl (C=O) groups excluding carboxylic acids is 2. The minimum atomic E-state index is -4.43. The number of benzene rings is 3. The van der Waals surface area contributed by atoms with E-state index in [1.165, 1.54) is 18.3 Å². The lowest BCUT2D eigenvalue weighted by molar-refractivity contribution is -0.137. The summed E-state index contributed by atoms with van der Waals surface area (Å²) in [7, 11) is 0. The number of hydrogen-bond acceptors (Lipinski definition) is 3. The Morgan fingerprint density at radius 2 is 1.65 bits per heavy atom. The second kappa shape index (κ2) is 9.35. The molecule has 0 aliphatic rings. The lowest BCUT2D eigenvalue weighted by Crippen LogP contribution is -2.22. The molecule has 2 N–H and O–H groups in total. The molecule has 4 aromatic rings. The lowest BCUT2D eigenvalue weighted by Gasteiger charge is -2.12. The van der Waals surface area contributed by atoms with Crippen LogP contribution in [0.1, 0.15) is 33.2 Å². The largest absolute Gasteiger partial charge is 0.416 e. The fraction of sp³-hybridized carbons (Fsp3) is 0.115. The molecule has 0 aliphatic heterocycles. The van der Waals surface area contributed by atoms with Gasteiger partial charge in [0, 0.05) is 29.4 Å². The van der Waals surface area contributed by atoms with Gasteiger partial charge in [-0.05, 0) is 54.4 Å². The van der Waals surface area contributed by atoms with Gasteiger partial charge in [0.05, 0.1) is 16.6 Å². The molecule has 0 aliphatic carbocycles. The zero-order valence-electron chi connectivity index (χ0n) is 18.1. The number of rotatable bonds is 5. The van der Waals surface area contributed by atoms with Crippen molar-refractivity contribution in [1.29, 1.82) is 0 Å². The lowest BCUT2D eigenvalue weighted by atomic mass is 9.98. The predicted molar refractivity (Wildman–Crippen MR) is 125 cm³/mol. The van der Waals surface area contributed by atoms with Crippen molar-refractivity contribution >= 4 is 28.4 Å². The SMILES string of the molecule is CCNC(=O)c1cnc2cc(NC(=O)c3ccccc3-c3ccc(C(F)(F)F)cc3)ccc2c1. The van der Waals surface area contributed by atoms with Crippen molar-refractivity contribution in [3.05, 3.63) is 95.7 Å². The van der Waals surface area contributed by atoms with Gasteiger partial charge in [-0.2, -0.15) is 13.2 Å². The maximum atomic E-state index is 13.0. The van der Waals surface area contributed by atoms with Crippen molar-refractivity contribution in [3.8, 4) is 11.1 Å². The first kappa shape index (κ1) is 23.0. The molecular formula is C26H20F3N3O2. The first-order chi connectivity index (χ1) is 16.3. The monoisotopic (exact) mass is 463 g/mol. The molecule has 34 heavy (non-hydrogen) atoms. The summed E-state index contributed by atoms with van der Waals surface area (Å²) >= 11 is 0. The fourth-order valence-electron chi connectivity index (χ4n) is 3.56. The Labute approximate surface area is 193 Å². The molecule has 0 unspecified atom stereocenters. The van der Waals surface area contributed by atoms with Crippen LogP contribution in [0.3, 0.4) is 0 Å². The third-order valence-electron chi connectivity index (χ3n) is 5.24. The highest BCUT2D eigenvalue weighted by Gasteiger charge is 2.30. The fourth-order valence-corrected chi connectivity index (χ4v) is 3.56. The quantitative estimate of drug-likeness (QED) is 0.386. The van der Waals surface area contributed by atoms with Gasteiger partial charge in [-0.25, -0.2) is 0 Å². The number of amides is 2. The summed E-state index contributed by atoms with van der Waals surface area (Å²) in [6.45, 7) is 2.34. The second-order valence-electron chi connectivity index (χ2n) is 7.57. The van der Waals surface area contributed by atoms with Gasteiger partial charge in [-0.15, -0.1) is 0 Å². The smallest absolute Gasteiger partial charge is 0.352 e. The minimum Gasteiger partial charge on any atom is -0.352 e. The average Bonchev–Trinajstić information content (AvgIpc) is 2.83. The molecule has 0 fully saturated rings. The molecule has 0 saturated heterocycles. The average molecular weight is 463 g/mol. The number of nitrogens with zero attached hydrogens (tertiary/aromatic N) is 1. The molecular weight excluding hydrogens is 443 g/mol. The van der Waals surface area contributed by atoms with Gasteiger partial charge < -0.3 is 10.6 Å². The van der Waals surface area contributed by atoms with E-state index in [1.54, 1.807) is 48.5 Å². The molecule has 172 valence electrons. The molecule has 8 heteroatoms. The number of alkyl halides is 3. The van der Waals surface area contributed by atoms with E-state index in [-0.39, 0.29) is 5.91 Å². The first-order valence-corrected chi connectivity index (χ1v) is 10.5. The van der Waals surface area contributed by atoms with Crippen LogP contribution in [0.4, 0.5) is 18.9 Å². The highest BCUT2D eigenvalue weighted by Crippen LogP contribution is 2.32. The number of pyridine rings is 1. The first-order valence-electron chi connectivity index (χ1n) is 10.5. The van der Waals surface area contributed by atoms with Gasteiger partial charge >= 0.3 is 6.18 Å². The number of hydrogen-bond donors (Lipinski definition) is 2. The van der Waals surface area contributed by atoms with Crippen LogP contribution >= 0.6 is 0 Å². The van der Waals surface area contributed by atoms with Crippen LogP contribution in [0.25, 0.3) is 22.0 Å². The third kappa shape index (κ3) is 4.91. The topological polar surface area (TPSA) is 71.1 Å². The van der Waals surface area contributed by atoms with Gasteiger partial charge in [0.1, 0.15) is 0 Å². The molecule has 2 amide bonds.